The number of hydrogen-bond donors (Lipinski definition) is 2. The quantitative estimate of drug-likeness (QED) is 0.776. The van der Waals surface area contributed by atoms with Gasteiger partial charge in [-0.2, -0.15) is 13.2 Å². The minimum Gasteiger partial charge on any atom is -0.475 e. The topological polar surface area (TPSA) is 49.3 Å². The van der Waals surface area contributed by atoms with Crippen molar-refractivity contribution in [1.82, 2.24) is 5.32 Å². The lowest BCUT2D eigenvalue weighted by atomic mass is 9.90. The molecule has 0 aliphatic carbocycles. The zero-order valence-electron chi connectivity index (χ0n) is 10.1. The van der Waals surface area contributed by atoms with Gasteiger partial charge in [-0.25, -0.2) is 9.18 Å². The molecule has 0 spiro atoms. The summed E-state index contributed by atoms with van der Waals surface area (Å²) in [6.45, 7) is 4.04. The number of benzene rings is 1. The van der Waals surface area contributed by atoms with Gasteiger partial charge in [0.05, 0.1) is 0 Å². The molecular formula is C12H13F4NO2. The van der Waals surface area contributed by atoms with E-state index in [0.717, 1.165) is 18.7 Å². The molecule has 1 aromatic rings. The zero-order chi connectivity index (χ0) is 14.6. The Morgan fingerprint density at radius 2 is 1.89 bits per heavy atom. The van der Waals surface area contributed by atoms with E-state index in [4.69, 9.17) is 9.90 Å². The fourth-order valence-electron chi connectivity index (χ4n) is 1.61. The highest BCUT2D eigenvalue weighted by atomic mass is 19.4. The highest BCUT2D eigenvalue weighted by Gasteiger charge is 2.38. The van der Waals surface area contributed by atoms with Gasteiger partial charge in [-0.3, -0.25) is 0 Å². The molecule has 19 heavy (non-hydrogen) atoms. The van der Waals surface area contributed by atoms with Crippen molar-refractivity contribution < 1.29 is 27.5 Å². The molecule has 0 saturated carbocycles. The average Bonchev–Trinajstić information content (AvgIpc) is 2.19. The molecule has 1 aliphatic heterocycles. The van der Waals surface area contributed by atoms with E-state index < -0.39 is 12.1 Å². The molecule has 0 aromatic heterocycles. The summed E-state index contributed by atoms with van der Waals surface area (Å²) >= 11 is 0. The Bertz CT molecular complexity index is 456. The van der Waals surface area contributed by atoms with Gasteiger partial charge in [-0.1, -0.05) is 6.07 Å². The van der Waals surface area contributed by atoms with Gasteiger partial charge in [0.25, 0.3) is 0 Å². The summed E-state index contributed by atoms with van der Waals surface area (Å²) in [4.78, 5) is 8.90. The monoisotopic (exact) mass is 279 g/mol. The van der Waals surface area contributed by atoms with E-state index in [2.05, 4.69) is 5.32 Å². The molecule has 0 radical (unpaired) electrons. The molecule has 1 saturated heterocycles. The zero-order valence-corrected chi connectivity index (χ0v) is 10.1. The molecule has 1 aliphatic rings. The number of halogens is 4. The molecule has 1 aromatic carbocycles. The average molecular weight is 279 g/mol. The van der Waals surface area contributed by atoms with Gasteiger partial charge < -0.3 is 10.4 Å². The molecule has 2 rings (SSSR count). The third-order valence-corrected chi connectivity index (χ3v) is 2.70. The first kappa shape index (κ1) is 15.4. The fraction of sp³-hybridized carbons (Fsp3) is 0.417. The van der Waals surface area contributed by atoms with Crippen LogP contribution in [0.2, 0.25) is 0 Å². The van der Waals surface area contributed by atoms with Gasteiger partial charge in [-0.05, 0) is 30.2 Å². The van der Waals surface area contributed by atoms with Crippen LogP contribution in [0.3, 0.4) is 0 Å². The molecule has 0 unspecified atom stereocenters. The number of rotatable bonds is 1. The third kappa shape index (κ3) is 4.51. The third-order valence-electron chi connectivity index (χ3n) is 2.70. The standard InChI is InChI=1S/C10H12FN.C2HF3O2/c1-7-4-9(11)2-3-10(7)8-5-12-6-8;3-2(4,5)1(6)7/h2-4,8,12H,5-6H2,1H3;(H,6,7). The van der Waals surface area contributed by atoms with Crippen molar-refractivity contribution in [3.05, 3.63) is 35.1 Å². The van der Waals surface area contributed by atoms with Crippen LogP contribution in [0.1, 0.15) is 17.0 Å². The Kier molecular flexibility index (Phi) is 4.88. The van der Waals surface area contributed by atoms with Crippen molar-refractivity contribution in [2.75, 3.05) is 13.1 Å². The van der Waals surface area contributed by atoms with Crippen molar-refractivity contribution in [3.63, 3.8) is 0 Å². The van der Waals surface area contributed by atoms with E-state index in [-0.39, 0.29) is 5.82 Å². The van der Waals surface area contributed by atoms with Crippen LogP contribution in [0, 0.1) is 12.7 Å². The Hall–Kier alpha value is -1.63. The van der Waals surface area contributed by atoms with Crippen LogP contribution >= 0.6 is 0 Å². The molecule has 2 N–H and O–H groups in total. The Morgan fingerprint density at radius 3 is 2.21 bits per heavy atom. The van der Waals surface area contributed by atoms with E-state index in [0.29, 0.717) is 5.92 Å². The largest absolute Gasteiger partial charge is 0.490 e. The van der Waals surface area contributed by atoms with Crippen LogP contribution in [0.15, 0.2) is 18.2 Å². The summed E-state index contributed by atoms with van der Waals surface area (Å²) < 4.78 is 44.5. The van der Waals surface area contributed by atoms with Gasteiger partial charge in [0.1, 0.15) is 5.82 Å². The molecule has 1 heterocycles. The minimum absolute atomic E-state index is 0.136. The normalized spacial score (nSPS) is 15.2. The second-order valence-corrected chi connectivity index (χ2v) is 4.16. The van der Waals surface area contributed by atoms with E-state index in [1.54, 1.807) is 12.1 Å². The number of alkyl halides is 3. The first-order valence-electron chi connectivity index (χ1n) is 5.48. The van der Waals surface area contributed by atoms with E-state index >= 15 is 0 Å². The minimum atomic E-state index is -5.08. The second-order valence-electron chi connectivity index (χ2n) is 4.16. The lowest BCUT2D eigenvalue weighted by Crippen LogP contribution is -2.40. The lowest BCUT2D eigenvalue weighted by molar-refractivity contribution is -0.192. The first-order chi connectivity index (χ1) is 8.71. The summed E-state index contributed by atoms with van der Waals surface area (Å²) in [5.41, 5.74) is 2.36. The van der Waals surface area contributed by atoms with Gasteiger partial charge in [0.2, 0.25) is 0 Å². The van der Waals surface area contributed by atoms with Crippen molar-refractivity contribution >= 4 is 5.97 Å². The van der Waals surface area contributed by atoms with Crippen LogP contribution < -0.4 is 5.32 Å². The molecule has 7 heteroatoms. The van der Waals surface area contributed by atoms with Crippen molar-refractivity contribution in [2.24, 2.45) is 0 Å². The van der Waals surface area contributed by atoms with E-state index in [1.165, 1.54) is 5.56 Å². The van der Waals surface area contributed by atoms with Crippen LogP contribution in [-0.4, -0.2) is 30.3 Å². The maximum Gasteiger partial charge on any atom is 0.490 e. The number of hydrogen-bond acceptors (Lipinski definition) is 2. The summed E-state index contributed by atoms with van der Waals surface area (Å²) in [7, 11) is 0. The summed E-state index contributed by atoms with van der Waals surface area (Å²) in [6, 6.07) is 5.05. The van der Waals surface area contributed by atoms with Gasteiger partial charge in [0, 0.05) is 19.0 Å². The molecule has 0 amide bonds. The molecule has 0 atom stereocenters. The Balaban J connectivity index is 0.000000224. The van der Waals surface area contributed by atoms with Crippen LogP contribution in [0.25, 0.3) is 0 Å². The highest BCUT2D eigenvalue weighted by molar-refractivity contribution is 5.73. The van der Waals surface area contributed by atoms with Crippen LogP contribution in [0.4, 0.5) is 17.6 Å². The number of carbonyl (C=O) groups is 1. The van der Waals surface area contributed by atoms with Crippen LogP contribution in [-0.2, 0) is 4.79 Å². The molecule has 3 nitrogen and oxygen atoms in total. The van der Waals surface area contributed by atoms with Gasteiger partial charge in [0.15, 0.2) is 0 Å². The Morgan fingerprint density at radius 1 is 1.37 bits per heavy atom. The first-order valence-corrected chi connectivity index (χ1v) is 5.48. The predicted octanol–water partition coefficient (Wildman–Crippen LogP) is 2.45. The fourth-order valence-corrected chi connectivity index (χ4v) is 1.61. The van der Waals surface area contributed by atoms with Crippen molar-refractivity contribution in [3.8, 4) is 0 Å². The molecule has 1 fully saturated rings. The smallest absolute Gasteiger partial charge is 0.475 e. The molecule has 106 valence electrons. The number of carboxylic acids is 1. The number of aliphatic carboxylic acids is 1. The predicted molar refractivity (Wildman–Crippen MR) is 60.4 cm³/mol. The SMILES string of the molecule is Cc1cc(F)ccc1C1CNC1.O=C(O)C(F)(F)F. The molecule has 0 bridgehead atoms. The lowest BCUT2D eigenvalue weighted by Gasteiger charge is -2.28. The van der Waals surface area contributed by atoms with E-state index in [1.807, 2.05) is 13.0 Å². The Labute approximate surface area is 107 Å². The second kappa shape index (κ2) is 6.01. The number of nitrogens with one attached hydrogen (secondary N) is 1. The number of aryl methyl sites for hydroxylation is 1. The van der Waals surface area contributed by atoms with Gasteiger partial charge >= 0.3 is 12.1 Å². The maximum absolute atomic E-state index is 12.7. The van der Waals surface area contributed by atoms with E-state index in [9.17, 15) is 17.6 Å². The summed E-state index contributed by atoms with van der Waals surface area (Å²) in [6.07, 6.45) is -5.08. The maximum atomic E-state index is 12.7. The number of carboxylic acid groups (broad SMARTS) is 1. The highest BCUT2D eigenvalue weighted by Crippen LogP contribution is 2.23. The van der Waals surface area contributed by atoms with Crippen molar-refractivity contribution in [2.45, 2.75) is 19.0 Å². The van der Waals surface area contributed by atoms with Crippen LogP contribution in [0.5, 0.6) is 0 Å². The van der Waals surface area contributed by atoms with Gasteiger partial charge in [-0.15, -0.1) is 0 Å². The summed E-state index contributed by atoms with van der Waals surface area (Å²) in [5, 5.41) is 10.3. The summed E-state index contributed by atoms with van der Waals surface area (Å²) in [5.74, 6) is -2.29. The molecular weight excluding hydrogens is 266 g/mol. The van der Waals surface area contributed by atoms with Crippen molar-refractivity contribution in [1.29, 1.82) is 0 Å².